The number of esters is 1. The molecule has 1 heterocycles. The van der Waals surface area contributed by atoms with Gasteiger partial charge in [0, 0.05) is 33.4 Å². The van der Waals surface area contributed by atoms with Crippen LogP contribution in [0.2, 0.25) is 0 Å². The molecule has 2 rings (SSSR count). The van der Waals surface area contributed by atoms with Crippen LogP contribution in [0.5, 0.6) is 0 Å². The zero-order valence-corrected chi connectivity index (χ0v) is 21.2. The molecule has 0 N–H and O–H groups in total. The Bertz CT molecular complexity index is 1010. The van der Waals surface area contributed by atoms with Gasteiger partial charge in [-0.15, -0.1) is 0 Å². The van der Waals surface area contributed by atoms with Gasteiger partial charge in [0.05, 0.1) is 29.3 Å². The molecule has 0 saturated carbocycles. The van der Waals surface area contributed by atoms with Crippen molar-refractivity contribution in [2.24, 2.45) is 11.8 Å². The molecule has 1 aromatic carbocycles. The summed E-state index contributed by atoms with van der Waals surface area (Å²) in [6.45, 7) is 10.7. The van der Waals surface area contributed by atoms with Crippen molar-refractivity contribution in [2.45, 2.75) is 45.8 Å². The lowest BCUT2D eigenvalue weighted by Gasteiger charge is -2.26. The molecule has 0 unspecified atom stereocenters. The molecule has 2 aromatic rings. The number of rotatable bonds is 12. The molecular weight excluding hydrogens is 442 g/mol. The molecule has 0 aliphatic carbocycles. The van der Waals surface area contributed by atoms with E-state index in [1.807, 2.05) is 4.90 Å². The fourth-order valence-electron chi connectivity index (χ4n) is 3.50. The van der Waals surface area contributed by atoms with Crippen LogP contribution in [0.1, 0.15) is 44.5 Å². The number of hydrogen-bond donors (Lipinski definition) is 0. The van der Waals surface area contributed by atoms with Crippen molar-refractivity contribution in [3.63, 3.8) is 0 Å². The van der Waals surface area contributed by atoms with Gasteiger partial charge < -0.3 is 14.4 Å². The lowest BCUT2D eigenvalue weighted by atomic mass is 10.1. The number of fused-ring (bicyclic) bond motifs is 1. The van der Waals surface area contributed by atoms with E-state index in [2.05, 4.69) is 32.7 Å². The number of aromatic nitrogens is 2. The number of carbonyl (C=O) groups is 2. The second-order valence-corrected chi connectivity index (χ2v) is 9.74. The summed E-state index contributed by atoms with van der Waals surface area (Å²) in [4.78, 5) is 44.7. The zero-order valence-electron chi connectivity index (χ0n) is 20.4. The Morgan fingerprint density at radius 3 is 2.36 bits per heavy atom. The third kappa shape index (κ3) is 7.57. The van der Waals surface area contributed by atoms with Gasteiger partial charge in [-0.25, -0.2) is 9.78 Å². The molecule has 1 aromatic heterocycles. The summed E-state index contributed by atoms with van der Waals surface area (Å²) in [6, 6.07) is 4.71. The number of ether oxygens (including phenoxy) is 2. The first-order valence-corrected chi connectivity index (χ1v) is 12.2. The van der Waals surface area contributed by atoms with Crippen molar-refractivity contribution in [1.29, 1.82) is 0 Å². The lowest BCUT2D eigenvalue weighted by Crippen LogP contribution is -2.38. The topological polar surface area (TPSA) is 90.7 Å². The van der Waals surface area contributed by atoms with Crippen LogP contribution < -0.4 is 5.56 Å². The highest BCUT2D eigenvalue weighted by atomic mass is 32.2. The average Bonchev–Trinajstić information content (AvgIpc) is 2.77. The monoisotopic (exact) mass is 477 g/mol. The number of methoxy groups -OCH3 is 2. The Morgan fingerprint density at radius 1 is 1.12 bits per heavy atom. The second kappa shape index (κ2) is 12.7. The third-order valence-corrected chi connectivity index (χ3v) is 5.88. The molecule has 0 fully saturated rings. The van der Waals surface area contributed by atoms with E-state index in [4.69, 9.17) is 9.47 Å². The van der Waals surface area contributed by atoms with E-state index in [0.29, 0.717) is 66.1 Å². The fourth-order valence-corrected chi connectivity index (χ4v) is 4.43. The van der Waals surface area contributed by atoms with E-state index in [1.165, 1.54) is 18.9 Å². The fraction of sp³-hybridized carbons (Fsp3) is 0.583. The lowest BCUT2D eigenvalue weighted by molar-refractivity contribution is -0.129. The molecule has 1 amide bonds. The van der Waals surface area contributed by atoms with Crippen molar-refractivity contribution in [2.75, 3.05) is 39.7 Å². The summed E-state index contributed by atoms with van der Waals surface area (Å²) >= 11 is 1.25. The summed E-state index contributed by atoms with van der Waals surface area (Å²) in [7, 11) is 2.92. The van der Waals surface area contributed by atoms with Crippen LogP contribution in [0.25, 0.3) is 10.9 Å². The maximum atomic E-state index is 13.2. The van der Waals surface area contributed by atoms with Crippen LogP contribution in [0.15, 0.2) is 28.2 Å². The Hall–Kier alpha value is -2.39. The van der Waals surface area contributed by atoms with E-state index in [1.54, 1.807) is 29.9 Å². The van der Waals surface area contributed by atoms with E-state index in [0.717, 1.165) is 0 Å². The van der Waals surface area contributed by atoms with Gasteiger partial charge in [-0.05, 0) is 36.5 Å². The highest BCUT2D eigenvalue weighted by molar-refractivity contribution is 7.99. The smallest absolute Gasteiger partial charge is 0.337 e. The summed E-state index contributed by atoms with van der Waals surface area (Å²) in [5.41, 5.74) is 0.520. The van der Waals surface area contributed by atoms with Gasteiger partial charge in [0.25, 0.3) is 5.56 Å². The van der Waals surface area contributed by atoms with E-state index >= 15 is 0 Å². The SMILES string of the molecule is COCCCn1c(SCC(=O)N(CC(C)C)CC(C)C)nc2cc(C(=O)OC)ccc2c1=O. The van der Waals surface area contributed by atoms with Gasteiger partial charge >= 0.3 is 5.97 Å². The number of benzene rings is 1. The first kappa shape index (κ1) is 26.9. The van der Waals surface area contributed by atoms with Crippen molar-refractivity contribution in [3.05, 3.63) is 34.1 Å². The van der Waals surface area contributed by atoms with Crippen LogP contribution in [0.4, 0.5) is 0 Å². The Kier molecular flexibility index (Phi) is 10.4. The summed E-state index contributed by atoms with van der Waals surface area (Å²) in [5, 5.41) is 0.866. The van der Waals surface area contributed by atoms with Crippen molar-refractivity contribution >= 4 is 34.5 Å². The standard InChI is InChI=1S/C24H35N3O5S/c1-16(2)13-26(14-17(3)4)21(28)15-33-24-25-20-12-18(23(30)32-6)8-9-19(20)22(29)27(24)10-7-11-31-5/h8-9,12,16-17H,7,10-11,13-15H2,1-6H3. The first-order chi connectivity index (χ1) is 15.7. The molecular formula is C24H35N3O5S. The van der Waals surface area contributed by atoms with E-state index < -0.39 is 5.97 Å². The third-order valence-electron chi connectivity index (χ3n) is 4.92. The number of amides is 1. The van der Waals surface area contributed by atoms with Crippen LogP contribution in [-0.2, 0) is 20.8 Å². The maximum absolute atomic E-state index is 13.2. The van der Waals surface area contributed by atoms with Crippen molar-refractivity contribution in [1.82, 2.24) is 14.5 Å². The van der Waals surface area contributed by atoms with Gasteiger partial charge in [-0.2, -0.15) is 0 Å². The zero-order chi connectivity index (χ0) is 24.5. The quantitative estimate of drug-likeness (QED) is 0.200. The number of nitrogens with zero attached hydrogens (tertiary/aromatic N) is 3. The molecule has 182 valence electrons. The predicted octanol–water partition coefficient (Wildman–Crippen LogP) is 3.45. The van der Waals surface area contributed by atoms with Crippen LogP contribution in [0, 0.1) is 11.8 Å². The molecule has 0 spiro atoms. The minimum absolute atomic E-state index is 0.0171. The largest absolute Gasteiger partial charge is 0.465 e. The normalized spacial score (nSPS) is 11.4. The highest BCUT2D eigenvalue weighted by Gasteiger charge is 2.19. The second-order valence-electron chi connectivity index (χ2n) is 8.80. The predicted molar refractivity (Wildman–Crippen MR) is 131 cm³/mol. The summed E-state index contributed by atoms with van der Waals surface area (Å²) in [6.07, 6.45) is 0.637. The molecule has 0 atom stereocenters. The van der Waals surface area contributed by atoms with E-state index in [-0.39, 0.29) is 17.2 Å². The molecule has 0 bridgehead atoms. The minimum Gasteiger partial charge on any atom is -0.465 e. The number of hydrogen-bond acceptors (Lipinski definition) is 7. The molecule has 9 heteroatoms. The van der Waals surface area contributed by atoms with E-state index in [9.17, 15) is 14.4 Å². The number of thioether (sulfide) groups is 1. The van der Waals surface area contributed by atoms with Crippen molar-refractivity contribution < 1.29 is 19.1 Å². The Labute approximate surface area is 199 Å². The number of carbonyl (C=O) groups excluding carboxylic acids is 2. The van der Waals surface area contributed by atoms with Crippen molar-refractivity contribution in [3.8, 4) is 0 Å². The summed E-state index contributed by atoms with van der Waals surface area (Å²) in [5.74, 6) is 0.424. The van der Waals surface area contributed by atoms with Gasteiger partial charge in [-0.3, -0.25) is 14.2 Å². The Morgan fingerprint density at radius 2 is 1.79 bits per heavy atom. The molecule has 0 radical (unpaired) electrons. The van der Waals surface area contributed by atoms with Gasteiger partial charge in [0.15, 0.2) is 5.16 Å². The minimum atomic E-state index is -0.495. The maximum Gasteiger partial charge on any atom is 0.337 e. The Balaban J connectivity index is 2.39. The molecule has 0 aliphatic heterocycles. The van der Waals surface area contributed by atoms with Crippen LogP contribution in [0.3, 0.4) is 0 Å². The molecule has 8 nitrogen and oxygen atoms in total. The first-order valence-electron chi connectivity index (χ1n) is 11.2. The van der Waals surface area contributed by atoms with Gasteiger partial charge in [0.2, 0.25) is 5.91 Å². The molecule has 0 aliphatic rings. The molecule has 0 saturated heterocycles. The average molecular weight is 478 g/mol. The highest BCUT2D eigenvalue weighted by Crippen LogP contribution is 2.21. The van der Waals surface area contributed by atoms with Gasteiger partial charge in [-0.1, -0.05) is 39.5 Å². The van der Waals surface area contributed by atoms with Crippen LogP contribution in [-0.4, -0.2) is 66.0 Å². The van der Waals surface area contributed by atoms with Gasteiger partial charge in [0.1, 0.15) is 0 Å². The van der Waals surface area contributed by atoms with Crippen LogP contribution >= 0.6 is 11.8 Å². The molecule has 33 heavy (non-hydrogen) atoms. The summed E-state index contributed by atoms with van der Waals surface area (Å²) < 4.78 is 11.5.